The number of hydrogen-bond acceptors (Lipinski definition) is 5. The molecule has 4 nitrogen and oxygen atoms in total. The largest absolute Gasteiger partial charge is 1.00 e. The van der Waals surface area contributed by atoms with E-state index in [1.165, 1.54) is 11.3 Å². The summed E-state index contributed by atoms with van der Waals surface area (Å²) in [5, 5.41) is 0.572. The second kappa shape index (κ2) is 9.05. The second-order valence-electron chi connectivity index (χ2n) is 5.83. The van der Waals surface area contributed by atoms with E-state index in [0.29, 0.717) is 36.6 Å². The number of halogens is 1. The van der Waals surface area contributed by atoms with E-state index in [0.717, 1.165) is 4.47 Å². The molecule has 0 N–H and O–H groups in total. The Morgan fingerprint density at radius 3 is 2.57 bits per heavy atom. The van der Waals surface area contributed by atoms with Crippen molar-refractivity contribution in [2.45, 2.75) is 11.1 Å². The number of rotatable bonds is 4. The van der Waals surface area contributed by atoms with Crippen molar-refractivity contribution in [1.29, 1.82) is 0 Å². The Hall–Kier alpha value is -0.584. The maximum Gasteiger partial charge on any atom is 1.00 e. The zero-order valence-electron chi connectivity index (χ0n) is 15.2. The fraction of sp³-hybridized carbons (Fsp3) is 0.100. The summed E-state index contributed by atoms with van der Waals surface area (Å²) < 4.78 is 8.59. The first-order valence-electron chi connectivity index (χ1n) is 8.22. The third-order valence-electron chi connectivity index (χ3n) is 4.25. The third-order valence-corrected chi connectivity index (χ3v) is 6.20. The van der Waals surface area contributed by atoms with Gasteiger partial charge in [0, 0.05) is 27.1 Å². The first-order chi connectivity index (χ1) is 13.0. The van der Waals surface area contributed by atoms with Crippen LogP contribution in [0, 0.1) is 0 Å². The van der Waals surface area contributed by atoms with E-state index in [1.807, 2.05) is 40.9 Å². The summed E-state index contributed by atoms with van der Waals surface area (Å²) in [7, 11) is 0. The normalized spacial score (nSPS) is 10.8. The summed E-state index contributed by atoms with van der Waals surface area (Å²) in [6.45, 7) is 2.01. The molecule has 1 aromatic carbocycles. The van der Waals surface area contributed by atoms with Crippen molar-refractivity contribution in [3.63, 3.8) is 0 Å². The molecule has 0 aliphatic carbocycles. The van der Waals surface area contributed by atoms with Gasteiger partial charge in [0.15, 0.2) is 5.78 Å². The van der Waals surface area contributed by atoms with Crippen LogP contribution >= 0.6 is 27.3 Å². The molecule has 0 amide bonds. The molecular weight excluding hydrogens is 485 g/mol. The summed E-state index contributed by atoms with van der Waals surface area (Å²) in [5.74, 6) is -0.607. The average Bonchev–Trinajstić information content (AvgIpc) is 3.17. The Morgan fingerprint density at radius 1 is 1.18 bits per heavy atom. The molecule has 8 heteroatoms. The predicted octanol–water partition coefficient (Wildman–Crippen LogP) is 2.23. The van der Waals surface area contributed by atoms with Crippen molar-refractivity contribution in [3.8, 4) is 0 Å². The Balaban J connectivity index is 0.00000225. The summed E-state index contributed by atoms with van der Waals surface area (Å²) in [6.07, 6.45) is 1.84. The summed E-state index contributed by atoms with van der Waals surface area (Å²) >= 11 is 10.1. The number of ketones is 1. The number of carbonyl (C=O) groups excluding carboxylic acids is 2. The van der Waals surface area contributed by atoms with Crippen molar-refractivity contribution in [3.05, 3.63) is 69.1 Å². The van der Waals surface area contributed by atoms with E-state index in [2.05, 4.69) is 15.9 Å². The Kier molecular flexibility index (Phi) is 7.15. The quantitative estimate of drug-likeness (QED) is 0.188. The minimum absolute atomic E-state index is 0. The van der Waals surface area contributed by atoms with E-state index in [-0.39, 0.29) is 63.8 Å². The van der Waals surface area contributed by atoms with Gasteiger partial charge in [-0.2, -0.15) is 0 Å². The molecule has 0 saturated carbocycles. The van der Waals surface area contributed by atoms with Crippen LogP contribution in [-0.4, -0.2) is 22.8 Å². The van der Waals surface area contributed by atoms with E-state index < -0.39 is 5.97 Å². The van der Waals surface area contributed by atoms with Gasteiger partial charge in [-0.15, -0.1) is 0 Å². The zero-order chi connectivity index (χ0) is 19.1. The van der Waals surface area contributed by atoms with Gasteiger partial charge >= 0.3 is 57.4 Å². The van der Waals surface area contributed by atoms with Crippen molar-refractivity contribution in [1.82, 2.24) is 4.40 Å². The number of hydrogen-bond donors (Lipinski definition) is 0. The minimum Gasteiger partial charge on any atom is -0.462 e. The van der Waals surface area contributed by atoms with Crippen LogP contribution in [0.4, 0.5) is 0 Å². The van der Waals surface area contributed by atoms with Crippen LogP contribution in [0.2, 0.25) is 0 Å². The van der Waals surface area contributed by atoms with Crippen LogP contribution in [0.5, 0.6) is 0 Å². The summed E-state index contributed by atoms with van der Waals surface area (Å²) in [6, 6.07) is 12.7. The predicted molar refractivity (Wildman–Crippen MR) is 112 cm³/mol. The molecule has 0 aliphatic heterocycles. The average molecular weight is 498 g/mol. The summed E-state index contributed by atoms with van der Waals surface area (Å²) in [5.41, 5.74) is 2.32. The van der Waals surface area contributed by atoms with Gasteiger partial charge in [-0.25, -0.2) is 4.79 Å². The van der Waals surface area contributed by atoms with Crippen LogP contribution < -0.4 is 51.4 Å². The van der Waals surface area contributed by atoms with Crippen LogP contribution in [0.3, 0.4) is 0 Å². The monoisotopic (exact) mass is 497 g/mol. The van der Waals surface area contributed by atoms with Gasteiger partial charge in [0.25, 0.3) is 0 Å². The number of nitrogens with zero attached hydrogens (tertiary/aromatic N) is 1. The molecule has 0 spiro atoms. The van der Waals surface area contributed by atoms with Gasteiger partial charge < -0.3 is 33.1 Å². The van der Waals surface area contributed by atoms with Crippen LogP contribution in [0.15, 0.2) is 57.3 Å². The molecule has 28 heavy (non-hydrogen) atoms. The summed E-state index contributed by atoms with van der Waals surface area (Å²) in [4.78, 5) is 26.4. The second-order valence-corrected chi connectivity index (χ2v) is 8.43. The van der Waals surface area contributed by atoms with Crippen LogP contribution in [0.25, 0.3) is 16.4 Å². The Morgan fingerprint density at radius 2 is 1.89 bits per heavy atom. The number of aromatic nitrogens is 1. The number of thiophene rings is 1. The molecule has 3 heterocycles. The molecule has 136 valence electrons. The minimum atomic E-state index is -0.450. The van der Waals surface area contributed by atoms with E-state index in [1.54, 1.807) is 19.1 Å². The molecule has 0 saturated heterocycles. The Labute approximate surface area is 222 Å². The van der Waals surface area contributed by atoms with E-state index >= 15 is 0 Å². The molecular formula is C20H13BrKNO3S2. The number of benzene rings is 1. The molecule has 0 unspecified atom stereocenters. The van der Waals surface area contributed by atoms with Gasteiger partial charge in [-0.05, 0) is 48.2 Å². The number of carbonyl (C=O) groups is 2. The number of ether oxygens (including phenoxy) is 1. The van der Waals surface area contributed by atoms with Crippen molar-refractivity contribution >= 4 is 68.1 Å². The van der Waals surface area contributed by atoms with Gasteiger partial charge in [0.2, 0.25) is 0 Å². The zero-order valence-corrected chi connectivity index (χ0v) is 21.5. The topological polar surface area (TPSA) is 47.8 Å². The first kappa shape index (κ1) is 22.1. The van der Waals surface area contributed by atoms with Crippen molar-refractivity contribution in [2.75, 3.05) is 6.61 Å². The third kappa shape index (κ3) is 3.77. The fourth-order valence-corrected chi connectivity index (χ4v) is 4.83. The molecule has 0 aliphatic rings. The van der Waals surface area contributed by atoms with Crippen LogP contribution in [-0.2, 0) is 17.4 Å². The van der Waals surface area contributed by atoms with E-state index in [9.17, 15) is 9.59 Å². The molecule has 3 aromatic heterocycles. The van der Waals surface area contributed by atoms with Crippen molar-refractivity contribution in [2.24, 2.45) is 0 Å². The first-order valence-corrected chi connectivity index (χ1v) is 10.2. The standard InChI is InChI=1S/C20H14BrNO3S2.K/c1-2-25-19(24)14-13-5-3-4-10-22(13)16-15(14)18(27-20(16)26)17(23)11-6-8-12(21)9-7-11;/h3-10,26H,2H2,1H3;/q;+1/p-1. The van der Waals surface area contributed by atoms with Gasteiger partial charge in [0.1, 0.15) is 0 Å². The number of pyridine rings is 1. The molecule has 0 atom stereocenters. The van der Waals surface area contributed by atoms with Crippen LogP contribution in [0.1, 0.15) is 32.5 Å². The molecule has 4 rings (SSSR count). The number of esters is 1. The molecule has 0 radical (unpaired) electrons. The van der Waals surface area contributed by atoms with Gasteiger partial charge in [-0.3, -0.25) is 4.79 Å². The SMILES string of the molecule is CCOC(=O)c1c2c(C(=O)c3ccc(Br)cc3)sc([S-])c2n2ccccc12.[K+]. The van der Waals surface area contributed by atoms with Gasteiger partial charge in [0.05, 0.1) is 17.7 Å². The molecule has 0 bridgehead atoms. The van der Waals surface area contributed by atoms with Gasteiger partial charge in [-0.1, -0.05) is 26.2 Å². The van der Waals surface area contributed by atoms with E-state index in [4.69, 9.17) is 17.4 Å². The fourth-order valence-electron chi connectivity index (χ4n) is 3.12. The molecule has 4 aromatic rings. The van der Waals surface area contributed by atoms with Crippen molar-refractivity contribution < 1.29 is 65.7 Å². The maximum atomic E-state index is 13.2. The maximum absolute atomic E-state index is 13.2. The Bertz CT molecular complexity index is 1200. The molecule has 0 fully saturated rings. The number of fused-ring (bicyclic) bond motifs is 3. The smallest absolute Gasteiger partial charge is 0.462 e.